The summed E-state index contributed by atoms with van der Waals surface area (Å²) in [6, 6.07) is 2.93. The molecule has 28 heavy (non-hydrogen) atoms. The first kappa shape index (κ1) is 19.9. The molecule has 6 nitrogen and oxygen atoms in total. The van der Waals surface area contributed by atoms with Crippen LogP contribution >= 0.6 is 0 Å². The molecule has 0 aromatic carbocycles. The molecule has 0 saturated carbocycles. The Hall–Kier alpha value is -2.84. The van der Waals surface area contributed by atoms with Gasteiger partial charge in [-0.2, -0.15) is 18.3 Å². The third-order valence-corrected chi connectivity index (χ3v) is 4.63. The van der Waals surface area contributed by atoms with Gasteiger partial charge in [-0.3, -0.25) is 9.48 Å². The van der Waals surface area contributed by atoms with E-state index >= 15 is 0 Å². The summed E-state index contributed by atoms with van der Waals surface area (Å²) in [4.78, 5) is 14.9. The molecule has 0 amide bonds. The fourth-order valence-electron chi connectivity index (χ4n) is 3.26. The third-order valence-electron chi connectivity index (χ3n) is 4.63. The highest BCUT2D eigenvalue weighted by Gasteiger charge is 2.28. The SMILES string of the molecule is O=Cc1cc(O)ncc1OCC1=C(c2ccnn2CCC(F)(F)F)CCCC1. The largest absolute Gasteiger partial charge is 0.493 e. The smallest absolute Gasteiger partial charge is 0.390 e. The number of ether oxygens (including phenoxy) is 1. The Kier molecular flexibility index (Phi) is 6.01. The number of alkyl halides is 3. The second kappa shape index (κ2) is 8.45. The maximum absolute atomic E-state index is 12.6. The highest BCUT2D eigenvalue weighted by atomic mass is 19.4. The first-order valence-corrected chi connectivity index (χ1v) is 8.94. The average molecular weight is 395 g/mol. The first-order valence-electron chi connectivity index (χ1n) is 8.94. The van der Waals surface area contributed by atoms with Crippen molar-refractivity contribution < 1.29 is 27.8 Å². The number of aromatic hydroxyl groups is 1. The van der Waals surface area contributed by atoms with E-state index in [1.807, 2.05) is 0 Å². The molecule has 0 fully saturated rings. The molecule has 2 aromatic rings. The Labute approximate surface area is 159 Å². The van der Waals surface area contributed by atoms with Crippen LogP contribution in [0.4, 0.5) is 13.2 Å². The van der Waals surface area contributed by atoms with Crippen molar-refractivity contribution >= 4 is 11.9 Å². The number of allylic oxidation sites excluding steroid dienone is 1. The monoisotopic (exact) mass is 395 g/mol. The predicted octanol–water partition coefficient (Wildman–Crippen LogP) is 4.16. The van der Waals surface area contributed by atoms with Crippen LogP contribution in [-0.2, 0) is 6.54 Å². The highest BCUT2D eigenvalue weighted by molar-refractivity contribution is 5.79. The van der Waals surface area contributed by atoms with Crippen LogP contribution in [0.25, 0.3) is 5.57 Å². The van der Waals surface area contributed by atoms with E-state index in [-0.39, 0.29) is 30.3 Å². The van der Waals surface area contributed by atoms with Crippen LogP contribution in [-0.4, -0.2) is 38.9 Å². The molecule has 2 heterocycles. The van der Waals surface area contributed by atoms with E-state index in [9.17, 15) is 23.1 Å². The summed E-state index contributed by atoms with van der Waals surface area (Å²) in [6.07, 6.45) is 1.52. The summed E-state index contributed by atoms with van der Waals surface area (Å²) in [5, 5.41) is 13.4. The van der Waals surface area contributed by atoms with E-state index in [4.69, 9.17) is 4.74 Å². The number of pyridine rings is 1. The lowest BCUT2D eigenvalue weighted by molar-refractivity contribution is -0.137. The molecule has 150 valence electrons. The number of aromatic nitrogens is 3. The maximum Gasteiger partial charge on any atom is 0.390 e. The lowest BCUT2D eigenvalue weighted by Crippen LogP contribution is -2.16. The lowest BCUT2D eigenvalue weighted by Gasteiger charge is -2.22. The van der Waals surface area contributed by atoms with E-state index in [1.165, 1.54) is 23.1 Å². The number of hydrogen-bond donors (Lipinski definition) is 1. The van der Waals surface area contributed by atoms with Crippen LogP contribution in [0.2, 0.25) is 0 Å². The first-order chi connectivity index (χ1) is 13.4. The van der Waals surface area contributed by atoms with E-state index in [1.54, 1.807) is 6.07 Å². The molecule has 0 saturated heterocycles. The minimum Gasteiger partial charge on any atom is -0.493 e. The fraction of sp³-hybridized carbons (Fsp3) is 0.421. The molecule has 1 aliphatic carbocycles. The van der Waals surface area contributed by atoms with Crippen molar-refractivity contribution in [2.45, 2.75) is 44.8 Å². The van der Waals surface area contributed by atoms with Gasteiger partial charge in [-0.25, -0.2) is 4.98 Å². The van der Waals surface area contributed by atoms with Gasteiger partial charge in [0, 0.05) is 12.3 Å². The van der Waals surface area contributed by atoms with Gasteiger partial charge in [-0.1, -0.05) is 0 Å². The molecular formula is C19H20F3N3O3. The second-order valence-corrected chi connectivity index (χ2v) is 6.58. The van der Waals surface area contributed by atoms with Gasteiger partial charge in [0.05, 0.1) is 30.4 Å². The molecule has 0 spiro atoms. The van der Waals surface area contributed by atoms with Gasteiger partial charge in [0.2, 0.25) is 5.88 Å². The van der Waals surface area contributed by atoms with Crippen molar-refractivity contribution in [2.24, 2.45) is 0 Å². The van der Waals surface area contributed by atoms with Crippen LogP contribution in [0.1, 0.15) is 48.2 Å². The Bertz CT molecular complexity index is 875. The van der Waals surface area contributed by atoms with Gasteiger partial charge in [0.15, 0.2) is 6.29 Å². The number of halogens is 3. The second-order valence-electron chi connectivity index (χ2n) is 6.58. The van der Waals surface area contributed by atoms with Gasteiger partial charge in [0.1, 0.15) is 12.4 Å². The number of rotatable bonds is 7. The third kappa shape index (κ3) is 4.90. The number of aldehydes is 1. The molecule has 0 unspecified atom stereocenters. The van der Waals surface area contributed by atoms with Crippen LogP contribution in [0.3, 0.4) is 0 Å². The minimum atomic E-state index is -4.24. The standard InChI is InChI=1S/C19H20F3N3O3/c20-19(21,22)6-8-25-16(5-7-24-25)15-4-2-1-3-13(15)12-28-17-10-23-18(27)9-14(17)11-26/h5,7,9-11H,1-4,6,8,12H2,(H,23,27). The van der Waals surface area contributed by atoms with Crippen LogP contribution in [0, 0.1) is 0 Å². The molecular weight excluding hydrogens is 375 g/mol. The molecule has 0 radical (unpaired) electrons. The van der Waals surface area contributed by atoms with Crippen molar-refractivity contribution in [1.29, 1.82) is 0 Å². The molecule has 3 rings (SSSR count). The quantitative estimate of drug-likeness (QED) is 0.713. The van der Waals surface area contributed by atoms with Gasteiger partial charge in [-0.15, -0.1) is 0 Å². The van der Waals surface area contributed by atoms with E-state index < -0.39 is 12.6 Å². The van der Waals surface area contributed by atoms with Crippen molar-refractivity contribution in [3.8, 4) is 11.6 Å². The van der Waals surface area contributed by atoms with Gasteiger partial charge >= 0.3 is 6.18 Å². The molecule has 1 N–H and O–H groups in total. The van der Waals surface area contributed by atoms with Crippen LogP contribution < -0.4 is 4.74 Å². The van der Waals surface area contributed by atoms with E-state index in [2.05, 4.69) is 10.1 Å². The topological polar surface area (TPSA) is 77.2 Å². The fourth-order valence-corrected chi connectivity index (χ4v) is 3.26. The van der Waals surface area contributed by atoms with E-state index in [0.29, 0.717) is 12.0 Å². The minimum absolute atomic E-state index is 0.181. The zero-order valence-electron chi connectivity index (χ0n) is 15.1. The summed E-state index contributed by atoms with van der Waals surface area (Å²) in [5.41, 5.74) is 2.75. The zero-order valence-corrected chi connectivity index (χ0v) is 15.1. The zero-order chi connectivity index (χ0) is 20.1. The molecule has 0 aliphatic heterocycles. The van der Waals surface area contributed by atoms with Crippen LogP contribution in [0.15, 0.2) is 30.1 Å². The number of carbonyl (C=O) groups excluding carboxylic acids is 1. The van der Waals surface area contributed by atoms with Crippen molar-refractivity contribution in [2.75, 3.05) is 6.61 Å². The Morgan fingerprint density at radius 1 is 1.29 bits per heavy atom. The molecule has 2 aromatic heterocycles. The summed E-state index contributed by atoms with van der Waals surface area (Å²) in [5.74, 6) is -0.0311. The number of carbonyl (C=O) groups is 1. The molecule has 0 bridgehead atoms. The van der Waals surface area contributed by atoms with Gasteiger partial charge < -0.3 is 9.84 Å². The summed E-state index contributed by atoms with van der Waals surface area (Å²) >= 11 is 0. The predicted molar refractivity (Wildman–Crippen MR) is 95.1 cm³/mol. The number of aryl methyl sites for hydroxylation is 1. The normalized spacial score (nSPS) is 15.0. The average Bonchev–Trinajstić information content (AvgIpc) is 3.13. The lowest BCUT2D eigenvalue weighted by atomic mass is 9.90. The summed E-state index contributed by atoms with van der Waals surface area (Å²) in [6.45, 7) is -0.0479. The maximum atomic E-state index is 12.6. The van der Waals surface area contributed by atoms with Crippen molar-refractivity contribution in [3.05, 3.63) is 41.4 Å². The highest BCUT2D eigenvalue weighted by Crippen LogP contribution is 2.33. The molecule has 9 heteroatoms. The van der Waals surface area contributed by atoms with E-state index in [0.717, 1.165) is 36.8 Å². The van der Waals surface area contributed by atoms with Gasteiger partial charge in [-0.05, 0) is 42.9 Å². The Morgan fingerprint density at radius 3 is 2.82 bits per heavy atom. The summed E-state index contributed by atoms with van der Waals surface area (Å²) < 4.78 is 44.9. The van der Waals surface area contributed by atoms with Gasteiger partial charge in [0.25, 0.3) is 0 Å². The molecule has 1 aliphatic rings. The number of hydrogen-bond acceptors (Lipinski definition) is 5. The van der Waals surface area contributed by atoms with Crippen LogP contribution in [0.5, 0.6) is 11.6 Å². The Morgan fingerprint density at radius 2 is 2.07 bits per heavy atom. The summed E-state index contributed by atoms with van der Waals surface area (Å²) in [7, 11) is 0. The Balaban J connectivity index is 1.81. The van der Waals surface area contributed by atoms with Crippen molar-refractivity contribution in [1.82, 2.24) is 14.8 Å². The number of nitrogens with zero attached hydrogens (tertiary/aromatic N) is 3. The van der Waals surface area contributed by atoms with Crippen molar-refractivity contribution in [3.63, 3.8) is 0 Å². The molecule has 0 atom stereocenters.